The van der Waals surface area contributed by atoms with Crippen LogP contribution in [0, 0.1) is 18.8 Å². The highest BCUT2D eigenvalue weighted by molar-refractivity contribution is 5.69. The summed E-state index contributed by atoms with van der Waals surface area (Å²) in [5.74, 6) is 5.79. The zero-order valence-electron chi connectivity index (χ0n) is 8.75. The van der Waals surface area contributed by atoms with Gasteiger partial charge in [-0.2, -0.15) is 0 Å². The van der Waals surface area contributed by atoms with Crippen molar-refractivity contribution < 1.29 is 9.53 Å². The second-order valence-corrected chi connectivity index (χ2v) is 3.05. The Balaban J connectivity index is 2.75. The van der Waals surface area contributed by atoms with Crippen molar-refractivity contribution >= 4 is 5.97 Å². The van der Waals surface area contributed by atoms with Gasteiger partial charge in [0.05, 0.1) is 0 Å². The van der Waals surface area contributed by atoms with Gasteiger partial charge in [-0.05, 0) is 18.1 Å². The summed E-state index contributed by atoms with van der Waals surface area (Å²) in [6.07, 6.45) is 1.49. The average molecular weight is 201 g/mol. The summed E-state index contributed by atoms with van der Waals surface area (Å²) in [7, 11) is 0. The minimum absolute atomic E-state index is 0.300. The van der Waals surface area contributed by atoms with Crippen LogP contribution in [0.1, 0.15) is 18.9 Å². The van der Waals surface area contributed by atoms with Gasteiger partial charge < -0.3 is 4.74 Å². The van der Waals surface area contributed by atoms with Gasteiger partial charge in [0, 0.05) is 20.3 Å². The Kier molecular flexibility index (Phi) is 4.43. The Morgan fingerprint density at radius 2 is 2.20 bits per heavy atom. The number of ether oxygens (including phenoxy) is 1. The summed E-state index contributed by atoms with van der Waals surface area (Å²) in [5.41, 5.74) is 0.996. The first-order valence-electron chi connectivity index (χ1n) is 4.75. The molecule has 1 aromatic carbocycles. The minimum Gasteiger partial charge on any atom is -0.426 e. The number of carbonyl (C=O) groups excluding carboxylic acids is 1. The van der Waals surface area contributed by atoms with Crippen LogP contribution in [0.3, 0.4) is 0 Å². The summed E-state index contributed by atoms with van der Waals surface area (Å²) in [4.78, 5) is 10.8. The third kappa shape index (κ3) is 3.86. The number of para-hydroxylation sites is 1. The molecule has 0 heterocycles. The lowest BCUT2D eigenvalue weighted by Gasteiger charge is -2.06. The van der Waals surface area contributed by atoms with Crippen LogP contribution in [0.25, 0.3) is 0 Å². The number of carbonyl (C=O) groups is 1. The summed E-state index contributed by atoms with van der Waals surface area (Å²) < 4.78 is 5.07. The average Bonchev–Trinajstić information content (AvgIpc) is 2.20. The SMILES string of the molecule is [CH2]C#CCCc1ccccc1OC(C)=O. The molecule has 0 fully saturated rings. The Hall–Kier alpha value is -1.75. The molecule has 0 N–H and O–H groups in total. The van der Waals surface area contributed by atoms with Crippen molar-refractivity contribution in [3.8, 4) is 17.6 Å². The van der Waals surface area contributed by atoms with Gasteiger partial charge >= 0.3 is 5.97 Å². The molecule has 0 unspecified atom stereocenters. The monoisotopic (exact) mass is 201 g/mol. The molecular weight excluding hydrogens is 188 g/mol. The smallest absolute Gasteiger partial charge is 0.308 e. The molecule has 0 aliphatic heterocycles. The molecule has 0 spiro atoms. The van der Waals surface area contributed by atoms with Gasteiger partial charge in [-0.15, -0.1) is 11.8 Å². The fourth-order valence-electron chi connectivity index (χ4n) is 1.25. The van der Waals surface area contributed by atoms with E-state index in [2.05, 4.69) is 18.8 Å². The summed E-state index contributed by atoms with van der Waals surface area (Å²) in [6, 6.07) is 7.48. The molecule has 0 saturated heterocycles. The van der Waals surface area contributed by atoms with E-state index in [1.165, 1.54) is 6.92 Å². The molecule has 15 heavy (non-hydrogen) atoms. The van der Waals surface area contributed by atoms with Crippen LogP contribution in [0.2, 0.25) is 0 Å². The molecule has 77 valence electrons. The van der Waals surface area contributed by atoms with Crippen LogP contribution in [-0.2, 0) is 11.2 Å². The molecule has 0 atom stereocenters. The van der Waals surface area contributed by atoms with Crippen LogP contribution >= 0.6 is 0 Å². The van der Waals surface area contributed by atoms with Crippen molar-refractivity contribution in [1.29, 1.82) is 0 Å². The van der Waals surface area contributed by atoms with Crippen LogP contribution < -0.4 is 4.74 Å². The maximum Gasteiger partial charge on any atom is 0.308 e. The number of esters is 1. The Labute approximate surface area is 90.3 Å². The predicted molar refractivity (Wildman–Crippen MR) is 59.2 cm³/mol. The summed E-state index contributed by atoms with van der Waals surface area (Å²) in [5, 5.41) is 0. The number of hydrogen-bond acceptors (Lipinski definition) is 2. The molecule has 2 heteroatoms. The second kappa shape index (κ2) is 5.87. The van der Waals surface area contributed by atoms with E-state index < -0.39 is 0 Å². The largest absolute Gasteiger partial charge is 0.426 e. The lowest BCUT2D eigenvalue weighted by Crippen LogP contribution is -2.03. The first kappa shape index (κ1) is 11.3. The third-order valence-corrected chi connectivity index (χ3v) is 1.87. The molecule has 0 bridgehead atoms. The van der Waals surface area contributed by atoms with Gasteiger partial charge in [0.25, 0.3) is 0 Å². The Morgan fingerprint density at radius 1 is 1.47 bits per heavy atom. The molecule has 1 aromatic rings. The van der Waals surface area contributed by atoms with E-state index >= 15 is 0 Å². The van der Waals surface area contributed by atoms with E-state index in [1.807, 2.05) is 18.2 Å². The van der Waals surface area contributed by atoms with E-state index in [9.17, 15) is 4.79 Å². The van der Waals surface area contributed by atoms with Gasteiger partial charge in [0.2, 0.25) is 0 Å². The highest BCUT2D eigenvalue weighted by Crippen LogP contribution is 2.19. The summed E-state index contributed by atoms with van der Waals surface area (Å²) in [6.45, 7) is 4.84. The van der Waals surface area contributed by atoms with Crippen molar-refractivity contribution in [3.05, 3.63) is 36.8 Å². The van der Waals surface area contributed by atoms with E-state index in [-0.39, 0.29) is 5.97 Å². The normalized spacial score (nSPS) is 8.93. The molecule has 0 saturated carbocycles. The fourth-order valence-corrected chi connectivity index (χ4v) is 1.25. The number of benzene rings is 1. The lowest BCUT2D eigenvalue weighted by molar-refractivity contribution is -0.131. The minimum atomic E-state index is -0.300. The highest BCUT2D eigenvalue weighted by atomic mass is 16.5. The topological polar surface area (TPSA) is 26.3 Å². The molecule has 0 aliphatic carbocycles. The summed E-state index contributed by atoms with van der Waals surface area (Å²) >= 11 is 0. The zero-order chi connectivity index (χ0) is 11.1. The van der Waals surface area contributed by atoms with Crippen LogP contribution in [-0.4, -0.2) is 5.97 Å². The van der Waals surface area contributed by atoms with E-state index in [0.717, 1.165) is 18.4 Å². The Morgan fingerprint density at radius 3 is 2.87 bits per heavy atom. The maximum atomic E-state index is 10.8. The van der Waals surface area contributed by atoms with Crippen molar-refractivity contribution in [2.24, 2.45) is 0 Å². The van der Waals surface area contributed by atoms with Crippen molar-refractivity contribution in [3.63, 3.8) is 0 Å². The Bertz CT molecular complexity index is 396. The highest BCUT2D eigenvalue weighted by Gasteiger charge is 2.03. The molecule has 0 aliphatic rings. The predicted octanol–water partition coefficient (Wildman–Crippen LogP) is 2.38. The van der Waals surface area contributed by atoms with Crippen LogP contribution in [0.15, 0.2) is 24.3 Å². The van der Waals surface area contributed by atoms with Gasteiger partial charge in [0.1, 0.15) is 5.75 Å². The van der Waals surface area contributed by atoms with Gasteiger partial charge in [-0.25, -0.2) is 0 Å². The molecule has 1 radical (unpaired) electrons. The first-order valence-corrected chi connectivity index (χ1v) is 4.75. The van der Waals surface area contributed by atoms with Crippen LogP contribution in [0.4, 0.5) is 0 Å². The van der Waals surface area contributed by atoms with Gasteiger partial charge in [-0.3, -0.25) is 4.79 Å². The quantitative estimate of drug-likeness (QED) is 0.426. The van der Waals surface area contributed by atoms with Crippen molar-refractivity contribution in [2.45, 2.75) is 19.8 Å². The standard InChI is InChI=1S/C13H13O2/c1-3-4-5-8-12-9-6-7-10-13(12)15-11(2)14/h6-7,9-10H,1,5,8H2,2H3. The molecule has 1 rings (SSSR count). The second-order valence-electron chi connectivity index (χ2n) is 3.05. The van der Waals surface area contributed by atoms with Gasteiger partial charge in [-0.1, -0.05) is 18.2 Å². The van der Waals surface area contributed by atoms with E-state index in [1.54, 1.807) is 6.07 Å². The van der Waals surface area contributed by atoms with Crippen molar-refractivity contribution in [1.82, 2.24) is 0 Å². The number of aryl methyl sites for hydroxylation is 1. The molecule has 0 aromatic heterocycles. The lowest BCUT2D eigenvalue weighted by atomic mass is 10.1. The van der Waals surface area contributed by atoms with Crippen molar-refractivity contribution in [2.75, 3.05) is 0 Å². The van der Waals surface area contributed by atoms with Crippen LogP contribution in [0.5, 0.6) is 5.75 Å². The number of rotatable bonds is 3. The molecule has 2 nitrogen and oxygen atoms in total. The molecule has 0 amide bonds. The third-order valence-electron chi connectivity index (χ3n) is 1.87. The maximum absolute atomic E-state index is 10.8. The molecular formula is C13H13O2. The van der Waals surface area contributed by atoms with E-state index in [4.69, 9.17) is 4.74 Å². The fraction of sp³-hybridized carbons (Fsp3) is 0.231. The van der Waals surface area contributed by atoms with Gasteiger partial charge in [0.15, 0.2) is 0 Å². The zero-order valence-corrected chi connectivity index (χ0v) is 8.75. The first-order chi connectivity index (χ1) is 7.24. The number of hydrogen-bond donors (Lipinski definition) is 0. The van der Waals surface area contributed by atoms with E-state index in [0.29, 0.717) is 5.75 Å².